The predicted octanol–water partition coefficient (Wildman–Crippen LogP) is 2.50. The topological polar surface area (TPSA) is 26.3 Å². The van der Waals surface area contributed by atoms with Crippen molar-refractivity contribution in [2.45, 2.75) is 18.6 Å². The number of hydrogen-bond acceptors (Lipinski definition) is 3. The van der Waals surface area contributed by atoms with Crippen molar-refractivity contribution in [3.05, 3.63) is 34.9 Å². The first-order chi connectivity index (χ1) is 7.24. The van der Waals surface area contributed by atoms with Crippen molar-refractivity contribution < 1.29 is 9.53 Å². The molecule has 0 spiro atoms. The number of benzene rings is 1. The Labute approximate surface area is 94.0 Å². The predicted molar refractivity (Wildman–Crippen MR) is 62.1 cm³/mol. The molecule has 1 atom stereocenters. The number of aryl methyl sites for hydroxylation is 1. The van der Waals surface area contributed by atoms with Crippen LogP contribution in [0.3, 0.4) is 0 Å². The van der Waals surface area contributed by atoms with Gasteiger partial charge in [0.05, 0.1) is 7.11 Å². The molecule has 0 N–H and O–H groups in total. The van der Waals surface area contributed by atoms with E-state index in [0.717, 1.165) is 17.7 Å². The van der Waals surface area contributed by atoms with Crippen LogP contribution < -0.4 is 0 Å². The number of carbonyl (C=O) groups excluding carboxylic acids is 1. The Hall–Kier alpha value is -0.960. The summed E-state index contributed by atoms with van der Waals surface area (Å²) in [7, 11) is 1.45. The molecule has 0 radical (unpaired) electrons. The van der Waals surface area contributed by atoms with E-state index < -0.39 is 0 Å². The quantitative estimate of drug-likeness (QED) is 0.683. The van der Waals surface area contributed by atoms with Crippen LogP contribution in [-0.4, -0.2) is 18.8 Å². The zero-order valence-electron chi connectivity index (χ0n) is 8.95. The normalized spacial score (nSPS) is 19.5. The van der Waals surface area contributed by atoms with Gasteiger partial charge in [0.2, 0.25) is 0 Å². The molecule has 0 amide bonds. The van der Waals surface area contributed by atoms with E-state index in [1.54, 1.807) is 11.8 Å². The number of hydrogen-bond donors (Lipinski definition) is 0. The van der Waals surface area contributed by atoms with Gasteiger partial charge in [-0.2, -0.15) is 0 Å². The Bertz CT molecular complexity index is 387. The Morgan fingerprint density at radius 1 is 1.53 bits per heavy atom. The first-order valence-electron chi connectivity index (χ1n) is 5.02. The van der Waals surface area contributed by atoms with E-state index in [2.05, 4.69) is 13.0 Å². The van der Waals surface area contributed by atoms with Crippen LogP contribution in [0.2, 0.25) is 0 Å². The van der Waals surface area contributed by atoms with Crippen molar-refractivity contribution in [1.82, 2.24) is 0 Å². The molecule has 2 nitrogen and oxygen atoms in total. The third-order valence-electron chi connectivity index (χ3n) is 2.78. The summed E-state index contributed by atoms with van der Waals surface area (Å²) in [6, 6.07) is 6.15. The number of carbonyl (C=O) groups is 1. The highest BCUT2D eigenvalue weighted by Gasteiger charge is 2.28. The Morgan fingerprint density at radius 3 is 3.07 bits per heavy atom. The molecule has 1 aromatic rings. The molecule has 0 aromatic heterocycles. The molecule has 0 fully saturated rings. The maximum absolute atomic E-state index is 11.6. The second-order valence-electron chi connectivity index (χ2n) is 3.67. The highest BCUT2D eigenvalue weighted by atomic mass is 32.2. The number of methoxy groups -OCH3 is 1. The average molecular weight is 222 g/mol. The van der Waals surface area contributed by atoms with E-state index in [9.17, 15) is 4.79 Å². The lowest BCUT2D eigenvalue weighted by atomic mass is 9.97. The van der Waals surface area contributed by atoms with Gasteiger partial charge in [-0.1, -0.05) is 18.2 Å². The van der Waals surface area contributed by atoms with Crippen LogP contribution >= 0.6 is 11.8 Å². The molecule has 0 saturated carbocycles. The summed E-state index contributed by atoms with van der Waals surface area (Å²) in [4.78, 5) is 11.6. The van der Waals surface area contributed by atoms with Gasteiger partial charge in [0.25, 0.3) is 0 Å². The number of thioether (sulfide) groups is 1. The summed E-state index contributed by atoms with van der Waals surface area (Å²) in [6.45, 7) is 2.10. The number of fused-ring (bicyclic) bond motifs is 1. The van der Waals surface area contributed by atoms with Gasteiger partial charge in [-0.3, -0.25) is 4.79 Å². The minimum absolute atomic E-state index is 0.126. The van der Waals surface area contributed by atoms with E-state index in [0.29, 0.717) is 0 Å². The zero-order valence-corrected chi connectivity index (χ0v) is 9.76. The molecule has 1 aliphatic heterocycles. The van der Waals surface area contributed by atoms with E-state index >= 15 is 0 Å². The lowest BCUT2D eigenvalue weighted by Gasteiger charge is -2.24. The fourth-order valence-electron chi connectivity index (χ4n) is 1.98. The summed E-state index contributed by atoms with van der Waals surface area (Å²) in [5, 5.41) is -0.126. The van der Waals surface area contributed by atoms with Crippen molar-refractivity contribution in [2.75, 3.05) is 12.9 Å². The Kier molecular flexibility index (Phi) is 3.00. The minimum Gasteiger partial charge on any atom is -0.468 e. The highest BCUT2D eigenvalue weighted by Crippen LogP contribution is 2.38. The third kappa shape index (κ3) is 1.88. The molecular formula is C12H14O2S. The van der Waals surface area contributed by atoms with Crippen LogP contribution in [0.1, 0.15) is 21.9 Å². The Balaban J connectivity index is 2.42. The largest absolute Gasteiger partial charge is 0.468 e. The average Bonchev–Trinajstić information content (AvgIpc) is 2.28. The van der Waals surface area contributed by atoms with Crippen molar-refractivity contribution in [2.24, 2.45) is 0 Å². The third-order valence-corrected chi connectivity index (χ3v) is 4.00. The lowest BCUT2D eigenvalue weighted by Crippen LogP contribution is -2.18. The molecular weight excluding hydrogens is 208 g/mol. The van der Waals surface area contributed by atoms with Crippen LogP contribution in [-0.2, 0) is 16.0 Å². The molecule has 0 aliphatic carbocycles. The van der Waals surface area contributed by atoms with Crippen LogP contribution in [0.5, 0.6) is 0 Å². The fraction of sp³-hybridized carbons (Fsp3) is 0.417. The zero-order chi connectivity index (χ0) is 10.8. The number of rotatable bonds is 1. The second-order valence-corrected chi connectivity index (χ2v) is 4.88. The molecule has 1 unspecified atom stereocenters. The number of esters is 1. The van der Waals surface area contributed by atoms with Gasteiger partial charge in [-0.25, -0.2) is 0 Å². The smallest absolute Gasteiger partial charge is 0.323 e. The maximum Gasteiger partial charge on any atom is 0.323 e. The summed E-state index contributed by atoms with van der Waals surface area (Å²) in [5.74, 6) is 0.865. The van der Waals surface area contributed by atoms with E-state index in [1.165, 1.54) is 18.2 Å². The molecule has 15 heavy (non-hydrogen) atoms. The molecule has 1 aromatic carbocycles. The summed E-state index contributed by atoms with van der Waals surface area (Å²) in [6.07, 6.45) is 1.06. The summed E-state index contributed by atoms with van der Waals surface area (Å²) in [5.41, 5.74) is 3.74. The van der Waals surface area contributed by atoms with Gasteiger partial charge < -0.3 is 4.74 Å². The second kappa shape index (κ2) is 4.27. The molecule has 1 aliphatic rings. The molecule has 0 saturated heterocycles. The Morgan fingerprint density at radius 2 is 2.33 bits per heavy atom. The lowest BCUT2D eigenvalue weighted by molar-refractivity contribution is -0.140. The van der Waals surface area contributed by atoms with Crippen molar-refractivity contribution in [3.63, 3.8) is 0 Å². The van der Waals surface area contributed by atoms with Gasteiger partial charge in [0.15, 0.2) is 0 Å². The van der Waals surface area contributed by atoms with Crippen LogP contribution in [0.25, 0.3) is 0 Å². The van der Waals surface area contributed by atoms with Gasteiger partial charge in [-0.15, -0.1) is 11.8 Å². The fourth-order valence-corrected chi connectivity index (χ4v) is 3.17. The minimum atomic E-state index is -0.133. The monoisotopic (exact) mass is 222 g/mol. The maximum atomic E-state index is 11.6. The molecule has 3 heteroatoms. The van der Waals surface area contributed by atoms with Crippen LogP contribution in [0, 0.1) is 6.92 Å². The van der Waals surface area contributed by atoms with Crippen molar-refractivity contribution in [1.29, 1.82) is 0 Å². The van der Waals surface area contributed by atoms with Gasteiger partial charge in [0, 0.05) is 0 Å². The molecule has 0 bridgehead atoms. The molecule has 2 rings (SSSR count). The van der Waals surface area contributed by atoms with Crippen molar-refractivity contribution >= 4 is 17.7 Å². The van der Waals surface area contributed by atoms with Gasteiger partial charge in [0.1, 0.15) is 5.25 Å². The number of ether oxygens (including phenoxy) is 1. The van der Waals surface area contributed by atoms with Crippen LogP contribution in [0.15, 0.2) is 18.2 Å². The van der Waals surface area contributed by atoms with Gasteiger partial charge in [-0.05, 0) is 35.8 Å². The standard InChI is InChI=1S/C12H14O2S/c1-8-4-3-5-10-9(8)6-7-15-11(10)12(13)14-2/h3-5,11H,6-7H2,1-2H3. The first kappa shape index (κ1) is 10.6. The van der Waals surface area contributed by atoms with E-state index in [4.69, 9.17) is 4.74 Å². The van der Waals surface area contributed by atoms with E-state index in [1.807, 2.05) is 12.1 Å². The van der Waals surface area contributed by atoms with Gasteiger partial charge >= 0.3 is 5.97 Å². The molecule has 80 valence electrons. The van der Waals surface area contributed by atoms with Crippen LogP contribution in [0.4, 0.5) is 0 Å². The highest BCUT2D eigenvalue weighted by molar-refractivity contribution is 8.00. The first-order valence-corrected chi connectivity index (χ1v) is 6.06. The van der Waals surface area contributed by atoms with Crippen molar-refractivity contribution in [3.8, 4) is 0 Å². The summed E-state index contributed by atoms with van der Waals surface area (Å²) < 4.78 is 4.83. The SMILES string of the molecule is COC(=O)C1SCCc2c(C)cccc21. The summed E-state index contributed by atoms with van der Waals surface area (Å²) >= 11 is 1.67. The molecule has 1 heterocycles. The van der Waals surface area contributed by atoms with E-state index in [-0.39, 0.29) is 11.2 Å².